The monoisotopic (exact) mass is 201 g/mol. The van der Waals surface area contributed by atoms with Crippen molar-refractivity contribution in [2.75, 3.05) is 19.0 Å². The first kappa shape index (κ1) is 9.34. The first-order chi connectivity index (χ1) is 6.36. The third kappa shape index (κ3) is 2.38. The van der Waals surface area contributed by atoms with Crippen molar-refractivity contribution in [1.29, 1.82) is 0 Å². The number of rotatable bonds is 2. The second kappa shape index (κ2) is 4.33. The molecule has 2 aliphatic heterocycles. The highest BCUT2D eigenvalue weighted by atomic mass is 32.2. The van der Waals surface area contributed by atoms with Gasteiger partial charge in [0, 0.05) is 0 Å². The van der Waals surface area contributed by atoms with Gasteiger partial charge in [-0.25, -0.2) is 0 Å². The molecule has 13 heavy (non-hydrogen) atoms. The molecule has 0 spiro atoms. The van der Waals surface area contributed by atoms with Gasteiger partial charge < -0.3 is 10.1 Å². The van der Waals surface area contributed by atoms with Gasteiger partial charge in [-0.15, -0.1) is 11.8 Å². The van der Waals surface area contributed by atoms with E-state index in [4.69, 9.17) is 4.74 Å². The van der Waals surface area contributed by atoms with Gasteiger partial charge in [0.05, 0.1) is 24.5 Å². The normalized spacial score (nSPS) is 29.4. The third-order valence-corrected chi connectivity index (χ3v) is 3.83. The zero-order chi connectivity index (χ0) is 9.10. The van der Waals surface area contributed by atoms with Crippen molar-refractivity contribution >= 4 is 17.7 Å². The fourth-order valence-electron chi connectivity index (χ4n) is 1.56. The predicted octanol–water partition coefficient (Wildman–Crippen LogP) is 0.787. The molecule has 2 saturated heterocycles. The second-order valence-electron chi connectivity index (χ2n) is 3.60. The largest absolute Gasteiger partial charge is 0.377 e. The Bertz CT molecular complexity index is 188. The zero-order valence-electron chi connectivity index (χ0n) is 7.62. The standard InChI is InChI=1S/C9H15NO2S/c11-9(10-7-5-12-6-7)8-3-1-2-4-13-8/h7-8H,1-6H2,(H,10,11). The molecule has 4 heteroatoms. The van der Waals surface area contributed by atoms with E-state index in [-0.39, 0.29) is 17.2 Å². The van der Waals surface area contributed by atoms with Gasteiger partial charge in [0.2, 0.25) is 5.91 Å². The van der Waals surface area contributed by atoms with E-state index in [0.717, 1.165) is 12.2 Å². The van der Waals surface area contributed by atoms with Gasteiger partial charge >= 0.3 is 0 Å². The van der Waals surface area contributed by atoms with E-state index in [2.05, 4.69) is 5.32 Å². The SMILES string of the molecule is O=C(NC1COC1)C1CCCCS1. The highest BCUT2D eigenvalue weighted by molar-refractivity contribution is 8.00. The van der Waals surface area contributed by atoms with Crippen molar-refractivity contribution in [3.8, 4) is 0 Å². The van der Waals surface area contributed by atoms with Gasteiger partial charge in [0.1, 0.15) is 0 Å². The molecule has 1 N–H and O–H groups in total. The number of amides is 1. The molecule has 0 saturated carbocycles. The maximum atomic E-state index is 11.6. The smallest absolute Gasteiger partial charge is 0.233 e. The van der Waals surface area contributed by atoms with Crippen LogP contribution < -0.4 is 5.32 Å². The molecule has 2 aliphatic rings. The zero-order valence-corrected chi connectivity index (χ0v) is 8.44. The van der Waals surface area contributed by atoms with Crippen LogP contribution in [0.5, 0.6) is 0 Å². The van der Waals surface area contributed by atoms with E-state index in [1.807, 2.05) is 0 Å². The molecule has 3 nitrogen and oxygen atoms in total. The molecular formula is C9H15NO2S. The second-order valence-corrected chi connectivity index (χ2v) is 4.91. The molecule has 0 aromatic rings. The Kier molecular flexibility index (Phi) is 3.11. The van der Waals surface area contributed by atoms with Gasteiger partial charge in [-0.2, -0.15) is 0 Å². The molecule has 74 valence electrons. The topological polar surface area (TPSA) is 38.3 Å². The minimum atomic E-state index is 0.203. The summed E-state index contributed by atoms with van der Waals surface area (Å²) in [6, 6.07) is 0.287. The van der Waals surface area contributed by atoms with Crippen LogP contribution in [0.4, 0.5) is 0 Å². The average Bonchev–Trinajstić information content (AvgIpc) is 2.12. The van der Waals surface area contributed by atoms with Crippen molar-refractivity contribution in [2.45, 2.75) is 30.6 Å². The van der Waals surface area contributed by atoms with Crippen LogP contribution in [0.3, 0.4) is 0 Å². The van der Waals surface area contributed by atoms with Crippen molar-refractivity contribution in [3.05, 3.63) is 0 Å². The fourth-order valence-corrected chi connectivity index (χ4v) is 2.77. The Morgan fingerprint density at radius 3 is 2.77 bits per heavy atom. The van der Waals surface area contributed by atoms with Gasteiger partial charge in [-0.05, 0) is 18.6 Å². The number of carbonyl (C=O) groups is 1. The fraction of sp³-hybridized carbons (Fsp3) is 0.889. The summed E-state index contributed by atoms with van der Waals surface area (Å²) in [5.74, 6) is 1.36. The predicted molar refractivity (Wildman–Crippen MR) is 52.8 cm³/mol. The molecule has 0 aromatic carbocycles. The molecule has 1 atom stereocenters. The molecule has 1 unspecified atom stereocenters. The Morgan fingerprint density at radius 2 is 2.23 bits per heavy atom. The van der Waals surface area contributed by atoms with Crippen LogP contribution in [0.15, 0.2) is 0 Å². The Balaban J connectivity index is 1.74. The summed E-state index contributed by atoms with van der Waals surface area (Å²) < 4.78 is 5.00. The van der Waals surface area contributed by atoms with Crippen LogP contribution in [-0.4, -0.2) is 36.2 Å². The number of hydrogen-bond acceptors (Lipinski definition) is 3. The lowest BCUT2D eigenvalue weighted by atomic mass is 10.1. The maximum absolute atomic E-state index is 11.6. The minimum absolute atomic E-state index is 0.203. The summed E-state index contributed by atoms with van der Waals surface area (Å²) in [6.07, 6.45) is 3.51. The van der Waals surface area contributed by atoms with Gasteiger partial charge in [-0.3, -0.25) is 4.79 Å². The Hall–Kier alpha value is -0.220. The summed E-state index contributed by atoms with van der Waals surface area (Å²) in [7, 11) is 0. The summed E-state index contributed by atoms with van der Waals surface area (Å²) in [5, 5.41) is 3.20. The molecule has 0 radical (unpaired) electrons. The molecule has 2 rings (SSSR count). The van der Waals surface area contributed by atoms with E-state index < -0.39 is 0 Å². The molecule has 0 bridgehead atoms. The van der Waals surface area contributed by atoms with Crippen molar-refractivity contribution < 1.29 is 9.53 Å². The van der Waals surface area contributed by atoms with Crippen LogP contribution in [-0.2, 0) is 9.53 Å². The number of nitrogens with one attached hydrogen (secondary N) is 1. The molecular weight excluding hydrogens is 186 g/mol. The number of hydrogen-bond donors (Lipinski definition) is 1. The van der Waals surface area contributed by atoms with Crippen molar-refractivity contribution in [3.63, 3.8) is 0 Å². The lowest BCUT2D eigenvalue weighted by molar-refractivity contribution is -0.124. The van der Waals surface area contributed by atoms with Gasteiger partial charge in [0.25, 0.3) is 0 Å². The van der Waals surface area contributed by atoms with Crippen LogP contribution in [0.1, 0.15) is 19.3 Å². The van der Waals surface area contributed by atoms with Crippen molar-refractivity contribution in [2.24, 2.45) is 0 Å². The quantitative estimate of drug-likeness (QED) is 0.717. The Morgan fingerprint density at radius 1 is 1.38 bits per heavy atom. The van der Waals surface area contributed by atoms with E-state index in [9.17, 15) is 4.79 Å². The van der Waals surface area contributed by atoms with Gasteiger partial charge in [0.15, 0.2) is 0 Å². The first-order valence-corrected chi connectivity index (χ1v) is 5.91. The number of carbonyl (C=O) groups excluding carboxylic acids is 1. The van der Waals surface area contributed by atoms with Crippen LogP contribution in [0.2, 0.25) is 0 Å². The van der Waals surface area contributed by atoms with E-state index >= 15 is 0 Å². The van der Waals surface area contributed by atoms with E-state index in [1.54, 1.807) is 11.8 Å². The highest BCUT2D eigenvalue weighted by Crippen LogP contribution is 2.25. The summed E-state index contributed by atoms with van der Waals surface area (Å²) in [4.78, 5) is 11.6. The molecule has 0 aliphatic carbocycles. The van der Waals surface area contributed by atoms with Crippen molar-refractivity contribution in [1.82, 2.24) is 5.32 Å². The maximum Gasteiger partial charge on any atom is 0.233 e. The molecule has 0 aromatic heterocycles. The average molecular weight is 201 g/mol. The third-order valence-electron chi connectivity index (χ3n) is 2.46. The number of ether oxygens (including phenoxy) is 1. The summed E-state index contributed by atoms with van der Waals surface area (Å²) >= 11 is 1.80. The highest BCUT2D eigenvalue weighted by Gasteiger charge is 2.26. The number of thioether (sulfide) groups is 1. The first-order valence-electron chi connectivity index (χ1n) is 4.86. The van der Waals surface area contributed by atoms with E-state index in [0.29, 0.717) is 13.2 Å². The molecule has 1 amide bonds. The van der Waals surface area contributed by atoms with Crippen LogP contribution in [0, 0.1) is 0 Å². The molecule has 2 heterocycles. The lowest BCUT2D eigenvalue weighted by Gasteiger charge is -2.29. The van der Waals surface area contributed by atoms with Crippen LogP contribution in [0.25, 0.3) is 0 Å². The van der Waals surface area contributed by atoms with Crippen LogP contribution >= 0.6 is 11.8 Å². The minimum Gasteiger partial charge on any atom is -0.377 e. The summed E-state index contributed by atoms with van der Waals surface area (Å²) in [5.41, 5.74) is 0. The molecule has 2 fully saturated rings. The van der Waals surface area contributed by atoms with Gasteiger partial charge in [-0.1, -0.05) is 6.42 Å². The lowest BCUT2D eigenvalue weighted by Crippen LogP contribution is -2.51. The Labute approximate surface area is 82.6 Å². The van der Waals surface area contributed by atoms with E-state index in [1.165, 1.54) is 12.8 Å². The summed E-state index contributed by atoms with van der Waals surface area (Å²) in [6.45, 7) is 1.40.